The first-order valence-electron chi connectivity index (χ1n) is 7.08. The number of amides is 1. The Hall–Kier alpha value is -2.57. The van der Waals surface area contributed by atoms with Gasteiger partial charge in [-0.05, 0) is 36.8 Å². The normalized spacial score (nSPS) is 11.1. The highest BCUT2D eigenvalue weighted by Crippen LogP contribution is 2.30. The molecule has 2 aromatic rings. The summed E-state index contributed by atoms with van der Waals surface area (Å²) in [6.45, 7) is 2.76. The van der Waals surface area contributed by atoms with Crippen molar-refractivity contribution in [3.63, 3.8) is 0 Å². The molecule has 2 N–H and O–H groups in total. The molecule has 122 valence electrons. The number of rotatable bonds is 5. The van der Waals surface area contributed by atoms with Crippen LogP contribution in [0.15, 0.2) is 42.6 Å². The fraction of sp³-hybridized carbons (Fsp3) is 0.250. The molecule has 0 unspecified atom stereocenters. The van der Waals surface area contributed by atoms with Crippen LogP contribution >= 0.6 is 0 Å². The Balaban J connectivity index is 2.13. The highest BCUT2D eigenvalue weighted by atomic mass is 19.4. The van der Waals surface area contributed by atoms with Crippen LogP contribution in [-0.4, -0.2) is 17.4 Å². The Kier molecular flexibility index (Phi) is 5.20. The van der Waals surface area contributed by atoms with E-state index < -0.39 is 17.6 Å². The fourth-order valence-corrected chi connectivity index (χ4v) is 1.90. The molecule has 0 bridgehead atoms. The topological polar surface area (TPSA) is 54.0 Å². The average molecular weight is 323 g/mol. The summed E-state index contributed by atoms with van der Waals surface area (Å²) in [5, 5.41) is 5.54. The maximum absolute atomic E-state index is 12.7. The lowest BCUT2D eigenvalue weighted by atomic mass is 10.2. The van der Waals surface area contributed by atoms with Crippen LogP contribution in [0.5, 0.6) is 0 Å². The molecule has 0 radical (unpaired) electrons. The van der Waals surface area contributed by atoms with Crippen LogP contribution in [0.4, 0.5) is 24.5 Å². The van der Waals surface area contributed by atoms with Gasteiger partial charge in [-0.3, -0.25) is 9.78 Å². The number of benzene rings is 1. The number of alkyl halides is 3. The summed E-state index contributed by atoms with van der Waals surface area (Å²) in [4.78, 5) is 16.1. The minimum atomic E-state index is -4.46. The van der Waals surface area contributed by atoms with E-state index in [2.05, 4.69) is 15.6 Å². The molecule has 23 heavy (non-hydrogen) atoms. The van der Waals surface area contributed by atoms with Crippen molar-refractivity contribution in [2.45, 2.75) is 19.5 Å². The minimum Gasteiger partial charge on any atom is -0.385 e. The van der Waals surface area contributed by atoms with Gasteiger partial charge in [0.25, 0.3) is 5.91 Å². The number of nitrogens with one attached hydrogen (secondary N) is 2. The maximum Gasteiger partial charge on any atom is 0.416 e. The van der Waals surface area contributed by atoms with Crippen molar-refractivity contribution in [1.82, 2.24) is 4.98 Å². The van der Waals surface area contributed by atoms with Crippen molar-refractivity contribution < 1.29 is 18.0 Å². The Labute approximate surface area is 131 Å². The van der Waals surface area contributed by atoms with Crippen molar-refractivity contribution in [2.75, 3.05) is 17.2 Å². The van der Waals surface area contributed by atoms with E-state index in [9.17, 15) is 18.0 Å². The predicted molar refractivity (Wildman–Crippen MR) is 82.4 cm³/mol. The zero-order valence-corrected chi connectivity index (χ0v) is 12.4. The second kappa shape index (κ2) is 7.13. The van der Waals surface area contributed by atoms with E-state index in [1.54, 1.807) is 12.1 Å². The van der Waals surface area contributed by atoms with E-state index >= 15 is 0 Å². The third-order valence-electron chi connectivity index (χ3n) is 3.02. The first-order valence-corrected chi connectivity index (χ1v) is 7.08. The summed E-state index contributed by atoms with van der Waals surface area (Å²) in [6, 6.07) is 7.74. The van der Waals surface area contributed by atoms with Crippen LogP contribution in [0.3, 0.4) is 0 Å². The quantitative estimate of drug-likeness (QED) is 0.868. The highest BCUT2D eigenvalue weighted by Gasteiger charge is 2.30. The van der Waals surface area contributed by atoms with Gasteiger partial charge in [-0.2, -0.15) is 13.2 Å². The van der Waals surface area contributed by atoms with Gasteiger partial charge in [0.1, 0.15) is 5.69 Å². The van der Waals surface area contributed by atoms with Gasteiger partial charge in [0.05, 0.1) is 5.56 Å². The van der Waals surface area contributed by atoms with Gasteiger partial charge >= 0.3 is 6.18 Å². The number of carbonyl (C=O) groups is 1. The zero-order valence-electron chi connectivity index (χ0n) is 12.4. The molecule has 0 spiro atoms. The summed E-state index contributed by atoms with van der Waals surface area (Å²) in [6.07, 6.45) is -2.06. The lowest BCUT2D eigenvalue weighted by Gasteiger charge is -2.10. The number of pyridine rings is 1. The first kappa shape index (κ1) is 16.8. The third-order valence-corrected chi connectivity index (χ3v) is 3.02. The van der Waals surface area contributed by atoms with Crippen LogP contribution in [0.25, 0.3) is 0 Å². The van der Waals surface area contributed by atoms with E-state index in [1.807, 2.05) is 6.92 Å². The third kappa shape index (κ3) is 4.70. The van der Waals surface area contributed by atoms with E-state index in [0.29, 0.717) is 0 Å². The first-order chi connectivity index (χ1) is 10.9. The largest absolute Gasteiger partial charge is 0.416 e. The van der Waals surface area contributed by atoms with Crippen LogP contribution in [0.2, 0.25) is 0 Å². The van der Waals surface area contributed by atoms with Crippen LogP contribution in [0, 0.1) is 0 Å². The molecule has 0 fully saturated rings. The number of anilines is 2. The summed E-state index contributed by atoms with van der Waals surface area (Å²) >= 11 is 0. The Morgan fingerprint density at radius 2 is 1.96 bits per heavy atom. The van der Waals surface area contributed by atoms with Gasteiger partial charge in [-0.25, -0.2) is 0 Å². The predicted octanol–water partition coefficient (Wildman–Crippen LogP) is 4.17. The summed E-state index contributed by atoms with van der Waals surface area (Å²) in [7, 11) is 0. The Morgan fingerprint density at radius 3 is 2.65 bits per heavy atom. The van der Waals surface area contributed by atoms with Crippen molar-refractivity contribution >= 4 is 17.3 Å². The second-order valence-corrected chi connectivity index (χ2v) is 4.89. The number of carbonyl (C=O) groups excluding carboxylic acids is 1. The molecule has 0 atom stereocenters. The van der Waals surface area contributed by atoms with E-state index in [4.69, 9.17) is 0 Å². The molecule has 1 aromatic carbocycles. The van der Waals surface area contributed by atoms with E-state index in [1.165, 1.54) is 18.3 Å². The van der Waals surface area contributed by atoms with Gasteiger partial charge in [0.2, 0.25) is 0 Å². The van der Waals surface area contributed by atoms with Crippen LogP contribution in [-0.2, 0) is 6.18 Å². The molecular weight excluding hydrogens is 307 g/mol. The number of nitrogens with zero attached hydrogens (tertiary/aromatic N) is 1. The molecular formula is C16H16F3N3O. The Bertz CT molecular complexity index is 686. The molecule has 1 heterocycles. The monoisotopic (exact) mass is 323 g/mol. The van der Waals surface area contributed by atoms with E-state index in [0.717, 1.165) is 30.8 Å². The lowest BCUT2D eigenvalue weighted by molar-refractivity contribution is -0.137. The van der Waals surface area contributed by atoms with Crippen molar-refractivity contribution in [1.29, 1.82) is 0 Å². The van der Waals surface area contributed by atoms with Crippen molar-refractivity contribution in [3.05, 3.63) is 53.9 Å². The molecule has 4 nitrogen and oxygen atoms in total. The molecule has 0 aliphatic heterocycles. The summed E-state index contributed by atoms with van der Waals surface area (Å²) < 4.78 is 38.0. The molecule has 0 aliphatic rings. The number of hydrogen-bond acceptors (Lipinski definition) is 3. The average Bonchev–Trinajstić information content (AvgIpc) is 2.52. The van der Waals surface area contributed by atoms with E-state index in [-0.39, 0.29) is 11.4 Å². The van der Waals surface area contributed by atoms with Gasteiger partial charge in [-0.15, -0.1) is 0 Å². The molecule has 2 rings (SSSR count). The minimum absolute atomic E-state index is 0.0681. The van der Waals surface area contributed by atoms with Crippen molar-refractivity contribution in [3.8, 4) is 0 Å². The van der Waals surface area contributed by atoms with Gasteiger partial charge < -0.3 is 10.6 Å². The molecule has 1 amide bonds. The van der Waals surface area contributed by atoms with Crippen LogP contribution < -0.4 is 10.6 Å². The second-order valence-electron chi connectivity index (χ2n) is 4.89. The number of hydrogen-bond donors (Lipinski definition) is 2. The molecule has 0 saturated carbocycles. The number of halogens is 3. The smallest absolute Gasteiger partial charge is 0.385 e. The maximum atomic E-state index is 12.7. The summed E-state index contributed by atoms with van der Waals surface area (Å²) in [5.74, 6) is -0.565. The lowest BCUT2D eigenvalue weighted by Crippen LogP contribution is -2.15. The summed E-state index contributed by atoms with van der Waals surface area (Å²) in [5.41, 5.74) is 0.111. The van der Waals surface area contributed by atoms with Gasteiger partial charge in [0.15, 0.2) is 0 Å². The van der Waals surface area contributed by atoms with Crippen molar-refractivity contribution in [2.24, 2.45) is 0 Å². The van der Waals surface area contributed by atoms with Crippen LogP contribution in [0.1, 0.15) is 29.4 Å². The highest BCUT2D eigenvalue weighted by molar-refractivity contribution is 6.03. The molecule has 0 aliphatic carbocycles. The standard InChI is InChI=1S/C16H16F3N3O/c1-2-7-20-12-6-8-21-14(10-12)15(23)22-13-5-3-4-11(9-13)16(17,18)19/h3-6,8-10H,2,7H2,1H3,(H,20,21)(H,22,23). The fourth-order valence-electron chi connectivity index (χ4n) is 1.90. The molecule has 7 heteroatoms. The molecule has 1 aromatic heterocycles. The Morgan fingerprint density at radius 1 is 1.17 bits per heavy atom. The zero-order chi connectivity index (χ0) is 16.9. The SMILES string of the molecule is CCCNc1ccnc(C(=O)Nc2cccc(C(F)(F)F)c2)c1. The van der Waals surface area contributed by atoms with Gasteiger partial charge in [0, 0.05) is 24.1 Å². The number of aromatic nitrogens is 1. The van der Waals surface area contributed by atoms with Gasteiger partial charge in [-0.1, -0.05) is 13.0 Å². The molecule has 0 saturated heterocycles.